The van der Waals surface area contributed by atoms with Crippen LogP contribution in [0, 0.1) is 0 Å². The Morgan fingerprint density at radius 3 is 2.65 bits per heavy atom. The van der Waals surface area contributed by atoms with Crippen LogP contribution in [-0.2, 0) is 6.54 Å². The molecule has 1 N–H and O–H groups in total. The molecule has 1 saturated heterocycles. The van der Waals surface area contributed by atoms with Gasteiger partial charge in [-0.15, -0.1) is 0 Å². The predicted molar refractivity (Wildman–Crippen MR) is 64.1 cm³/mol. The van der Waals surface area contributed by atoms with E-state index in [9.17, 15) is 4.79 Å². The van der Waals surface area contributed by atoms with Crippen LogP contribution in [0.4, 0.5) is 0 Å². The third-order valence-electron chi connectivity index (χ3n) is 3.17. The molecule has 0 saturated carbocycles. The van der Waals surface area contributed by atoms with Crippen molar-refractivity contribution in [1.82, 2.24) is 14.5 Å². The van der Waals surface area contributed by atoms with Gasteiger partial charge in [0.1, 0.15) is 11.5 Å². The van der Waals surface area contributed by atoms with Crippen LogP contribution in [0.15, 0.2) is 6.20 Å². The fourth-order valence-corrected chi connectivity index (χ4v) is 2.39. The number of likely N-dealkylation sites (tertiary alicyclic amines) is 1. The summed E-state index contributed by atoms with van der Waals surface area (Å²) in [7, 11) is 0. The highest BCUT2D eigenvalue weighted by molar-refractivity contribution is 5.85. The third kappa shape index (κ3) is 2.49. The van der Waals surface area contributed by atoms with Crippen molar-refractivity contribution in [3.8, 4) is 0 Å². The highest BCUT2D eigenvalue weighted by Crippen LogP contribution is 2.17. The first kappa shape index (κ1) is 12.1. The summed E-state index contributed by atoms with van der Waals surface area (Å²) in [4.78, 5) is 17.7. The van der Waals surface area contributed by atoms with E-state index in [-0.39, 0.29) is 11.7 Å². The van der Waals surface area contributed by atoms with Crippen LogP contribution < -0.4 is 0 Å². The zero-order valence-electron chi connectivity index (χ0n) is 10.4. The van der Waals surface area contributed by atoms with Gasteiger partial charge in [-0.1, -0.05) is 0 Å². The average molecular weight is 237 g/mol. The molecule has 1 aromatic heterocycles. The lowest BCUT2D eigenvalue weighted by Crippen LogP contribution is -2.23. The average Bonchev–Trinajstić information content (AvgIpc) is 2.86. The number of aromatic carboxylic acids is 1. The first-order valence-electron chi connectivity index (χ1n) is 6.11. The first-order valence-corrected chi connectivity index (χ1v) is 6.11. The molecular formula is C12H19N3O2. The van der Waals surface area contributed by atoms with Gasteiger partial charge in [0.05, 0.1) is 12.7 Å². The molecular weight excluding hydrogens is 218 g/mol. The van der Waals surface area contributed by atoms with E-state index >= 15 is 0 Å². The maximum absolute atomic E-state index is 11.1. The van der Waals surface area contributed by atoms with Gasteiger partial charge in [-0.2, -0.15) is 0 Å². The lowest BCUT2D eigenvalue weighted by Gasteiger charge is -2.18. The second-order valence-corrected chi connectivity index (χ2v) is 4.81. The Bertz CT molecular complexity index is 406. The van der Waals surface area contributed by atoms with Gasteiger partial charge in [0, 0.05) is 6.04 Å². The number of hydrogen-bond acceptors (Lipinski definition) is 3. The third-order valence-corrected chi connectivity index (χ3v) is 3.17. The van der Waals surface area contributed by atoms with E-state index < -0.39 is 5.97 Å². The monoisotopic (exact) mass is 237 g/mol. The van der Waals surface area contributed by atoms with Crippen molar-refractivity contribution in [2.24, 2.45) is 0 Å². The van der Waals surface area contributed by atoms with Gasteiger partial charge in [0.2, 0.25) is 0 Å². The summed E-state index contributed by atoms with van der Waals surface area (Å²) < 4.78 is 1.82. The minimum atomic E-state index is -0.904. The normalized spacial score (nSPS) is 16.9. The van der Waals surface area contributed by atoms with Crippen molar-refractivity contribution in [1.29, 1.82) is 0 Å². The molecule has 1 fully saturated rings. The number of carboxylic acid groups (broad SMARTS) is 1. The van der Waals surface area contributed by atoms with Gasteiger partial charge in [-0.3, -0.25) is 4.90 Å². The van der Waals surface area contributed by atoms with Gasteiger partial charge in [-0.25, -0.2) is 9.78 Å². The van der Waals surface area contributed by atoms with Crippen molar-refractivity contribution in [2.45, 2.75) is 39.3 Å². The van der Waals surface area contributed by atoms with Crippen molar-refractivity contribution in [3.63, 3.8) is 0 Å². The van der Waals surface area contributed by atoms with Gasteiger partial charge >= 0.3 is 5.97 Å². The second-order valence-electron chi connectivity index (χ2n) is 4.81. The van der Waals surface area contributed by atoms with Gasteiger partial charge < -0.3 is 9.67 Å². The van der Waals surface area contributed by atoms with Crippen LogP contribution in [0.2, 0.25) is 0 Å². The molecule has 5 nitrogen and oxygen atoms in total. The minimum Gasteiger partial charge on any atom is -0.477 e. The summed E-state index contributed by atoms with van der Waals surface area (Å²) in [6, 6.07) is 0.126. The molecule has 5 heteroatoms. The van der Waals surface area contributed by atoms with Crippen LogP contribution in [0.25, 0.3) is 0 Å². The smallest absolute Gasteiger partial charge is 0.354 e. The molecule has 1 aliphatic heterocycles. The first-order chi connectivity index (χ1) is 8.09. The van der Waals surface area contributed by atoms with Crippen LogP contribution in [0.5, 0.6) is 0 Å². The molecule has 2 heterocycles. The maximum atomic E-state index is 11.1. The molecule has 0 radical (unpaired) electrons. The highest BCUT2D eigenvalue weighted by atomic mass is 16.4. The van der Waals surface area contributed by atoms with Gasteiger partial charge in [0.15, 0.2) is 0 Å². The number of carboxylic acids is 1. The molecule has 0 unspecified atom stereocenters. The molecule has 0 aliphatic carbocycles. The largest absolute Gasteiger partial charge is 0.477 e. The van der Waals surface area contributed by atoms with Crippen molar-refractivity contribution in [3.05, 3.63) is 17.7 Å². The Balaban J connectivity index is 2.23. The summed E-state index contributed by atoms with van der Waals surface area (Å²) >= 11 is 0. The fraction of sp³-hybridized carbons (Fsp3) is 0.667. The lowest BCUT2D eigenvalue weighted by molar-refractivity contribution is 0.0682. The number of rotatable bonds is 4. The van der Waals surface area contributed by atoms with Gasteiger partial charge in [-0.05, 0) is 39.8 Å². The Hall–Kier alpha value is -1.36. The summed E-state index contributed by atoms with van der Waals surface area (Å²) in [5, 5.41) is 9.11. The fourth-order valence-electron chi connectivity index (χ4n) is 2.39. The van der Waals surface area contributed by atoms with Crippen molar-refractivity contribution in [2.75, 3.05) is 13.1 Å². The van der Waals surface area contributed by atoms with Crippen LogP contribution in [-0.4, -0.2) is 38.6 Å². The lowest BCUT2D eigenvalue weighted by atomic mass is 10.3. The van der Waals surface area contributed by atoms with E-state index in [1.807, 2.05) is 18.4 Å². The molecule has 0 atom stereocenters. The molecule has 1 aromatic rings. The SMILES string of the molecule is CC(C)n1c(C(=O)O)cnc1CN1CCCC1. The highest BCUT2D eigenvalue weighted by Gasteiger charge is 2.20. The molecule has 1 aliphatic rings. The molecule has 94 valence electrons. The standard InChI is InChI=1S/C12H19N3O2/c1-9(2)15-10(12(16)17)7-13-11(15)8-14-5-3-4-6-14/h7,9H,3-6,8H2,1-2H3,(H,16,17). The molecule has 0 aromatic carbocycles. The summed E-state index contributed by atoms with van der Waals surface area (Å²) in [6.07, 6.45) is 3.93. The molecule has 0 spiro atoms. The quantitative estimate of drug-likeness (QED) is 0.866. The van der Waals surface area contributed by atoms with E-state index in [1.54, 1.807) is 0 Å². The number of hydrogen-bond donors (Lipinski definition) is 1. The molecule has 0 amide bonds. The number of nitrogens with zero attached hydrogens (tertiary/aromatic N) is 3. The van der Waals surface area contributed by atoms with E-state index in [4.69, 9.17) is 5.11 Å². The Morgan fingerprint density at radius 1 is 1.47 bits per heavy atom. The topological polar surface area (TPSA) is 58.4 Å². The minimum absolute atomic E-state index is 0.126. The molecule has 0 bridgehead atoms. The predicted octanol–water partition coefficient (Wildman–Crippen LogP) is 1.76. The number of imidazole rings is 1. The summed E-state index contributed by atoms with van der Waals surface area (Å²) in [5.41, 5.74) is 0.286. The maximum Gasteiger partial charge on any atom is 0.354 e. The van der Waals surface area contributed by atoms with E-state index in [1.165, 1.54) is 19.0 Å². The molecule has 2 rings (SSSR count). The van der Waals surface area contributed by atoms with E-state index in [0.29, 0.717) is 0 Å². The van der Waals surface area contributed by atoms with E-state index in [0.717, 1.165) is 25.5 Å². The zero-order chi connectivity index (χ0) is 12.4. The summed E-state index contributed by atoms with van der Waals surface area (Å²) in [5.74, 6) is -0.0434. The number of aromatic nitrogens is 2. The van der Waals surface area contributed by atoms with Crippen LogP contribution >= 0.6 is 0 Å². The zero-order valence-corrected chi connectivity index (χ0v) is 10.4. The van der Waals surface area contributed by atoms with Crippen molar-refractivity contribution >= 4 is 5.97 Å². The Labute approximate surface area is 101 Å². The van der Waals surface area contributed by atoms with Crippen molar-refractivity contribution < 1.29 is 9.90 Å². The Morgan fingerprint density at radius 2 is 2.12 bits per heavy atom. The van der Waals surface area contributed by atoms with Crippen LogP contribution in [0.3, 0.4) is 0 Å². The summed E-state index contributed by atoms with van der Waals surface area (Å²) in [6.45, 7) is 6.91. The van der Waals surface area contributed by atoms with Crippen LogP contribution in [0.1, 0.15) is 49.0 Å². The molecule has 17 heavy (non-hydrogen) atoms. The number of carbonyl (C=O) groups is 1. The van der Waals surface area contributed by atoms with Gasteiger partial charge in [0.25, 0.3) is 0 Å². The Kier molecular flexibility index (Phi) is 3.47. The van der Waals surface area contributed by atoms with E-state index in [2.05, 4.69) is 9.88 Å². The second kappa shape index (κ2) is 4.87.